The lowest BCUT2D eigenvalue weighted by atomic mass is 9.98. The smallest absolute Gasteiger partial charge is 0.271 e. The van der Waals surface area contributed by atoms with E-state index >= 15 is 0 Å². The van der Waals surface area contributed by atoms with Crippen molar-refractivity contribution in [2.24, 2.45) is 0 Å². The number of hydrogen-bond acceptors (Lipinski definition) is 4. The van der Waals surface area contributed by atoms with Gasteiger partial charge in [0.2, 0.25) is 0 Å². The molecule has 0 amide bonds. The summed E-state index contributed by atoms with van der Waals surface area (Å²) in [5.74, 6) is 0.558. The predicted octanol–water partition coefficient (Wildman–Crippen LogP) is 2.89. The van der Waals surface area contributed by atoms with Gasteiger partial charge in [-0.25, -0.2) is 0 Å². The molecule has 1 aromatic rings. The summed E-state index contributed by atoms with van der Waals surface area (Å²) in [5, 5.41) is 10.6. The first kappa shape index (κ1) is 11.7. The molecule has 0 unspecified atom stereocenters. The van der Waals surface area contributed by atoms with Gasteiger partial charge in [-0.15, -0.1) is 0 Å². The molecule has 2 rings (SSSR count). The number of benzene rings is 1. The fraction of sp³-hybridized carbons (Fsp3) is 0.500. The van der Waals surface area contributed by atoms with Gasteiger partial charge in [-0.1, -0.05) is 6.42 Å². The van der Waals surface area contributed by atoms with Crippen molar-refractivity contribution >= 4 is 11.4 Å². The first-order valence-corrected chi connectivity index (χ1v) is 5.87. The van der Waals surface area contributed by atoms with Gasteiger partial charge in [0.25, 0.3) is 5.69 Å². The lowest BCUT2D eigenvalue weighted by molar-refractivity contribution is -0.384. The number of non-ortho nitro benzene ring substituents is 1. The standard InChI is InChI=1S/C12H16N2O3/c13-11-8-9(14(15)16)6-7-12(11)17-10-4-2-1-3-5-10/h6-8,10H,1-5,13H2. The second-order valence-corrected chi connectivity index (χ2v) is 4.36. The lowest BCUT2D eigenvalue weighted by Gasteiger charge is -2.23. The summed E-state index contributed by atoms with van der Waals surface area (Å²) in [6, 6.07) is 4.36. The van der Waals surface area contributed by atoms with Crippen molar-refractivity contribution in [1.82, 2.24) is 0 Å². The van der Waals surface area contributed by atoms with E-state index in [0.29, 0.717) is 11.4 Å². The molecule has 1 fully saturated rings. The highest BCUT2D eigenvalue weighted by Crippen LogP contribution is 2.30. The van der Waals surface area contributed by atoms with Crippen LogP contribution in [0.4, 0.5) is 11.4 Å². The number of rotatable bonds is 3. The molecule has 0 heterocycles. The molecule has 17 heavy (non-hydrogen) atoms. The molecule has 1 saturated carbocycles. The average Bonchev–Trinajstić information content (AvgIpc) is 2.33. The van der Waals surface area contributed by atoms with Crippen LogP contribution in [-0.2, 0) is 0 Å². The van der Waals surface area contributed by atoms with Gasteiger partial charge >= 0.3 is 0 Å². The van der Waals surface area contributed by atoms with Gasteiger partial charge in [-0.05, 0) is 31.7 Å². The highest BCUT2D eigenvalue weighted by atomic mass is 16.6. The van der Waals surface area contributed by atoms with E-state index in [0.717, 1.165) is 12.8 Å². The first-order valence-electron chi connectivity index (χ1n) is 5.87. The fourth-order valence-electron chi connectivity index (χ4n) is 2.12. The first-order chi connectivity index (χ1) is 8.16. The molecule has 0 aliphatic heterocycles. The van der Waals surface area contributed by atoms with Gasteiger partial charge in [0.05, 0.1) is 16.7 Å². The number of nitrogens with zero attached hydrogens (tertiary/aromatic N) is 1. The van der Waals surface area contributed by atoms with Crippen LogP contribution in [0.25, 0.3) is 0 Å². The molecule has 0 bridgehead atoms. The van der Waals surface area contributed by atoms with E-state index in [2.05, 4.69) is 0 Å². The summed E-state index contributed by atoms with van der Waals surface area (Å²) in [7, 11) is 0. The van der Waals surface area contributed by atoms with Crippen molar-refractivity contribution in [3.8, 4) is 5.75 Å². The van der Waals surface area contributed by atoms with Crippen molar-refractivity contribution in [1.29, 1.82) is 0 Å². The van der Waals surface area contributed by atoms with E-state index in [1.165, 1.54) is 31.4 Å². The highest BCUT2D eigenvalue weighted by molar-refractivity contribution is 5.58. The van der Waals surface area contributed by atoms with Crippen molar-refractivity contribution in [3.05, 3.63) is 28.3 Å². The Labute approximate surface area is 99.7 Å². The number of nitrogens with two attached hydrogens (primary N) is 1. The van der Waals surface area contributed by atoms with Crippen molar-refractivity contribution in [3.63, 3.8) is 0 Å². The van der Waals surface area contributed by atoms with E-state index in [4.69, 9.17) is 10.5 Å². The molecule has 1 aliphatic carbocycles. The van der Waals surface area contributed by atoms with Gasteiger partial charge < -0.3 is 10.5 Å². The van der Waals surface area contributed by atoms with E-state index in [1.807, 2.05) is 0 Å². The maximum atomic E-state index is 10.6. The minimum atomic E-state index is -0.458. The number of nitro groups is 1. The van der Waals surface area contributed by atoms with E-state index in [-0.39, 0.29) is 11.8 Å². The van der Waals surface area contributed by atoms with E-state index in [1.54, 1.807) is 6.07 Å². The third-order valence-electron chi connectivity index (χ3n) is 3.05. The molecule has 5 nitrogen and oxygen atoms in total. The second-order valence-electron chi connectivity index (χ2n) is 4.36. The highest BCUT2D eigenvalue weighted by Gasteiger charge is 2.17. The van der Waals surface area contributed by atoms with Crippen molar-refractivity contribution in [2.75, 3.05) is 5.73 Å². The Bertz CT molecular complexity index is 414. The topological polar surface area (TPSA) is 78.4 Å². The summed E-state index contributed by atoms with van der Waals surface area (Å²) in [5.41, 5.74) is 6.08. The van der Waals surface area contributed by atoms with Gasteiger partial charge in [-0.2, -0.15) is 0 Å². The number of anilines is 1. The van der Waals surface area contributed by atoms with Crippen molar-refractivity contribution < 1.29 is 9.66 Å². The summed E-state index contributed by atoms with van der Waals surface area (Å²) in [4.78, 5) is 10.1. The molecule has 0 radical (unpaired) electrons. The Hall–Kier alpha value is -1.78. The normalized spacial score (nSPS) is 16.7. The number of nitrogen functional groups attached to an aromatic ring is 1. The molecule has 92 valence electrons. The molecule has 1 aromatic carbocycles. The van der Waals surface area contributed by atoms with Crippen LogP contribution in [0.2, 0.25) is 0 Å². The van der Waals surface area contributed by atoms with Crippen LogP contribution >= 0.6 is 0 Å². The third kappa shape index (κ3) is 2.87. The Morgan fingerprint density at radius 3 is 2.59 bits per heavy atom. The zero-order chi connectivity index (χ0) is 12.3. The number of ether oxygens (including phenoxy) is 1. The monoisotopic (exact) mass is 236 g/mol. The molecular formula is C12H16N2O3. The molecule has 1 aliphatic rings. The van der Waals surface area contributed by atoms with Crippen LogP contribution in [0, 0.1) is 10.1 Å². The molecule has 5 heteroatoms. The third-order valence-corrected chi connectivity index (χ3v) is 3.05. The Balaban J connectivity index is 2.08. The fourth-order valence-corrected chi connectivity index (χ4v) is 2.12. The quantitative estimate of drug-likeness (QED) is 0.497. The summed E-state index contributed by atoms with van der Waals surface area (Å²) in [6.45, 7) is 0. The van der Waals surface area contributed by atoms with Crippen LogP contribution < -0.4 is 10.5 Å². The molecule has 0 spiro atoms. The maximum absolute atomic E-state index is 10.6. The van der Waals surface area contributed by atoms with Crippen LogP contribution in [0.1, 0.15) is 32.1 Å². The van der Waals surface area contributed by atoms with Gasteiger partial charge in [0, 0.05) is 12.1 Å². The zero-order valence-corrected chi connectivity index (χ0v) is 9.59. The Morgan fingerprint density at radius 2 is 2.00 bits per heavy atom. The minimum absolute atomic E-state index is 0.00139. The van der Waals surface area contributed by atoms with Crippen LogP contribution in [-0.4, -0.2) is 11.0 Å². The van der Waals surface area contributed by atoms with Gasteiger partial charge in [0.15, 0.2) is 0 Å². The Morgan fingerprint density at radius 1 is 1.29 bits per heavy atom. The SMILES string of the molecule is Nc1cc([N+](=O)[O-])ccc1OC1CCCCC1. The zero-order valence-electron chi connectivity index (χ0n) is 9.59. The average molecular weight is 236 g/mol. The van der Waals surface area contributed by atoms with Crippen LogP contribution in [0.5, 0.6) is 5.75 Å². The van der Waals surface area contributed by atoms with Crippen LogP contribution in [0.3, 0.4) is 0 Å². The Kier molecular flexibility index (Phi) is 3.46. The maximum Gasteiger partial charge on any atom is 0.271 e. The minimum Gasteiger partial charge on any atom is -0.488 e. The lowest BCUT2D eigenvalue weighted by Crippen LogP contribution is -2.20. The molecule has 0 aromatic heterocycles. The van der Waals surface area contributed by atoms with Gasteiger partial charge in [-0.3, -0.25) is 10.1 Å². The number of hydrogen-bond donors (Lipinski definition) is 1. The summed E-state index contributed by atoms with van der Waals surface area (Å²) < 4.78 is 5.77. The largest absolute Gasteiger partial charge is 0.488 e. The predicted molar refractivity (Wildman–Crippen MR) is 65.0 cm³/mol. The van der Waals surface area contributed by atoms with E-state index in [9.17, 15) is 10.1 Å². The summed E-state index contributed by atoms with van der Waals surface area (Å²) >= 11 is 0. The second kappa shape index (κ2) is 5.03. The van der Waals surface area contributed by atoms with Crippen LogP contribution in [0.15, 0.2) is 18.2 Å². The molecule has 0 saturated heterocycles. The molecule has 2 N–H and O–H groups in total. The molecular weight excluding hydrogens is 220 g/mol. The van der Waals surface area contributed by atoms with E-state index < -0.39 is 4.92 Å². The van der Waals surface area contributed by atoms with Gasteiger partial charge in [0.1, 0.15) is 5.75 Å². The van der Waals surface area contributed by atoms with Crippen molar-refractivity contribution in [2.45, 2.75) is 38.2 Å². The number of nitro benzene ring substituents is 1. The molecule has 0 atom stereocenters. The summed E-state index contributed by atoms with van der Waals surface area (Å²) in [6.07, 6.45) is 5.89.